The lowest BCUT2D eigenvalue weighted by atomic mass is 9.92. The van der Waals surface area contributed by atoms with Crippen molar-refractivity contribution in [1.29, 1.82) is 0 Å². The van der Waals surface area contributed by atoms with Crippen molar-refractivity contribution >= 4 is 15.7 Å². The molecular formula is C20H23NO4S. The van der Waals surface area contributed by atoms with Crippen LogP contribution in [0.4, 0.5) is 5.69 Å². The molecule has 1 atom stereocenters. The second-order valence-corrected chi connectivity index (χ2v) is 8.81. The molecule has 0 spiro atoms. The van der Waals surface area contributed by atoms with Crippen molar-refractivity contribution in [2.24, 2.45) is 0 Å². The largest absolute Gasteiger partial charge is 0.497 e. The van der Waals surface area contributed by atoms with E-state index in [1.54, 1.807) is 31.4 Å². The Hall–Kier alpha value is -2.05. The number of hydrogen-bond acceptors (Lipinski definition) is 4. The molecule has 26 heavy (non-hydrogen) atoms. The predicted molar refractivity (Wildman–Crippen MR) is 100 cm³/mol. The van der Waals surface area contributed by atoms with E-state index in [-0.39, 0.29) is 6.54 Å². The zero-order valence-electron chi connectivity index (χ0n) is 14.8. The van der Waals surface area contributed by atoms with Crippen LogP contribution in [0.2, 0.25) is 0 Å². The summed E-state index contributed by atoms with van der Waals surface area (Å²) in [6.45, 7) is 0.251. The van der Waals surface area contributed by atoms with Gasteiger partial charge >= 0.3 is 0 Å². The molecule has 2 aliphatic rings. The molecule has 0 amide bonds. The number of nitrogens with zero attached hydrogens (tertiary/aromatic N) is 1. The van der Waals surface area contributed by atoms with Gasteiger partial charge in [-0.3, -0.25) is 4.31 Å². The molecule has 1 heterocycles. The van der Waals surface area contributed by atoms with Crippen LogP contribution in [0.15, 0.2) is 41.3 Å². The van der Waals surface area contributed by atoms with Crippen molar-refractivity contribution in [3.05, 3.63) is 53.1 Å². The van der Waals surface area contributed by atoms with Gasteiger partial charge in [0.05, 0.1) is 23.8 Å². The highest BCUT2D eigenvalue weighted by molar-refractivity contribution is 7.92. The van der Waals surface area contributed by atoms with Gasteiger partial charge in [0.15, 0.2) is 0 Å². The van der Waals surface area contributed by atoms with Crippen LogP contribution in [0, 0.1) is 0 Å². The first-order valence-corrected chi connectivity index (χ1v) is 10.5. The summed E-state index contributed by atoms with van der Waals surface area (Å²) in [5, 5.41) is 10.3. The lowest BCUT2D eigenvalue weighted by molar-refractivity contribution is 0.166. The summed E-state index contributed by atoms with van der Waals surface area (Å²) in [6, 6.07) is 10.7. The highest BCUT2D eigenvalue weighted by atomic mass is 32.2. The minimum atomic E-state index is -3.69. The van der Waals surface area contributed by atoms with Crippen molar-refractivity contribution in [2.45, 2.75) is 43.1 Å². The molecular weight excluding hydrogens is 350 g/mol. The predicted octanol–water partition coefficient (Wildman–Crippen LogP) is 3.21. The molecule has 1 aliphatic carbocycles. The summed E-state index contributed by atoms with van der Waals surface area (Å²) in [6.07, 6.45) is 3.94. The summed E-state index contributed by atoms with van der Waals surface area (Å²) in [7, 11) is -2.15. The quantitative estimate of drug-likeness (QED) is 0.897. The first kappa shape index (κ1) is 17.4. The number of methoxy groups -OCH3 is 1. The van der Waals surface area contributed by atoms with Crippen LogP contribution in [0.1, 0.15) is 42.1 Å². The number of fused-ring (bicyclic) bond motifs is 2. The molecule has 4 rings (SSSR count). The molecule has 138 valence electrons. The molecule has 0 bridgehead atoms. The van der Waals surface area contributed by atoms with E-state index >= 15 is 0 Å². The van der Waals surface area contributed by atoms with Gasteiger partial charge in [-0.15, -0.1) is 0 Å². The smallest absolute Gasteiger partial charge is 0.264 e. The molecule has 6 heteroatoms. The Morgan fingerprint density at radius 1 is 1.08 bits per heavy atom. The number of hydrogen-bond donors (Lipinski definition) is 1. The van der Waals surface area contributed by atoms with Crippen molar-refractivity contribution < 1.29 is 18.3 Å². The molecule has 2 aromatic carbocycles. The number of benzene rings is 2. The SMILES string of the molecule is COc1ccc2c(c1)N(S(=O)(=O)c1ccc3c(c1)CCCC3)CCC2O. The molecule has 0 saturated carbocycles. The molecule has 0 radical (unpaired) electrons. The van der Waals surface area contributed by atoms with Crippen LogP contribution in [-0.2, 0) is 22.9 Å². The Morgan fingerprint density at radius 3 is 2.62 bits per heavy atom. The van der Waals surface area contributed by atoms with Crippen molar-refractivity contribution in [2.75, 3.05) is 18.0 Å². The Balaban J connectivity index is 1.78. The number of aliphatic hydroxyl groups is 1. The fourth-order valence-electron chi connectivity index (χ4n) is 3.91. The van der Waals surface area contributed by atoms with Crippen LogP contribution in [-0.4, -0.2) is 27.2 Å². The molecule has 2 aromatic rings. The maximum absolute atomic E-state index is 13.3. The highest BCUT2D eigenvalue weighted by Gasteiger charge is 2.33. The van der Waals surface area contributed by atoms with E-state index in [0.29, 0.717) is 28.3 Å². The zero-order chi connectivity index (χ0) is 18.3. The molecule has 1 N–H and O–H groups in total. The third-order valence-corrected chi connectivity index (χ3v) is 7.19. The van der Waals surface area contributed by atoms with E-state index in [0.717, 1.165) is 31.2 Å². The summed E-state index contributed by atoms with van der Waals surface area (Å²) in [5.74, 6) is 0.573. The van der Waals surface area contributed by atoms with E-state index in [1.807, 2.05) is 12.1 Å². The van der Waals surface area contributed by atoms with E-state index in [2.05, 4.69) is 0 Å². The average molecular weight is 373 g/mol. The van der Waals surface area contributed by atoms with Gasteiger partial charge in [0.2, 0.25) is 0 Å². The van der Waals surface area contributed by atoms with Gasteiger partial charge in [0.1, 0.15) is 5.75 Å². The first-order chi connectivity index (χ1) is 12.5. The second-order valence-electron chi connectivity index (χ2n) is 6.94. The Morgan fingerprint density at radius 2 is 1.85 bits per heavy atom. The van der Waals surface area contributed by atoms with Gasteiger partial charge in [0.25, 0.3) is 10.0 Å². The third-order valence-electron chi connectivity index (χ3n) is 5.38. The second kappa shape index (κ2) is 6.59. The first-order valence-electron chi connectivity index (χ1n) is 9.01. The molecule has 0 saturated heterocycles. The summed E-state index contributed by atoms with van der Waals surface area (Å²) < 4.78 is 33.3. The van der Waals surface area contributed by atoms with Gasteiger partial charge in [-0.1, -0.05) is 12.1 Å². The molecule has 5 nitrogen and oxygen atoms in total. The van der Waals surface area contributed by atoms with E-state index in [1.165, 1.54) is 9.87 Å². The summed E-state index contributed by atoms with van der Waals surface area (Å²) in [5.41, 5.74) is 3.52. The van der Waals surface area contributed by atoms with Crippen LogP contribution < -0.4 is 9.04 Å². The Bertz CT molecular complexity index is 939. The average Bonchev–Trinajstić information content (AvgIpc) is 2.67. The van der Waals surface area contributed by atoms with Gasteiger partial charge in [-0.2, -0.15) is 0 Å². The Kier molecular flexibility index (Phi) is 4.40. The minimum absolute atomic E-state index is 0.251. The van der Waals surface area contributed by atoms with Gasteiger partial charge in [0, 0.05) is 18.2 Å². The highest BCUT2D eigenvalue weighted by Crippen LogP contribution is 2.39. The number of ether oxygens (including phenoxy) is 1. The lowest BCUT2D eigenvalue weighted by Crippen LogP contribution is -2.36. The van der Waals surface area contributed by atoms with E-state index < -0.39 is 16.1 Å². The number of anilines is 1. The van der Waals surface area contributed by atoms with Crippen LogP contribution in [0.5, 0.6) is 5.75 Å². The van der Waals surface area contributed by atoms with Crippen LogP contribution in [0.3, 0.4) is 0 Å². The number of aliphatic hydroxyl groups excluding tert-OH is 1. The standard InChI is InChI=1S/C20H23NO4S/c1-25-16-7-9-18-19(13-16)21(11-10-20(18)22)26(23,24)17-8-6-14-4-2-3-5-15(14)12-17/h6-9,12-13,20,22H,2-5,10-11H2,1H3. The zero-order valence-corrected chi connectivity index (χ0v) is 15.6. The number of rotatable bonds is 3. The van der Waals surface area contributed by atoms with Crippen molar-refractivity contribution in [1.82, 2.24) is 0 Å². The van der Waals surface area contributed by atoms with Gasteiger partial charge < -0.3 is 9.84 Å². The molecule has 0 fully saturated rings. The normalized spacial score (nSPS) is 19.6. The fourth-order valence-corrected chi connectivity index (χ4v) is 5.46. The van der Waals surface area contributed by atoms with Crippen LogP contribution >= 0.6 is 0 Å². The summed E-state index contributed by atoms with van der Waals surface area (Å²) in [4.78, 5) is 0.323. The fraction of sp³-hybridized carbons (Fsp3) is 0.400. The van der Waals surface area contributed by atoms with Crippen LogP contribution in [0.25, 0.3) is 0 Å². The topological polar surface area (TPSA) is 66.8 Å². The molecule has 1 aliphatic heterocycles. The lowest BCUT2D eigenvalue weighted by Gasteiger charge is -2.33. The number of sulfonamides is 1. The third kappa shape index (κ3) is 2.87. The Labute approximate surface area is 154 Å². The summed E-state index contributed by atoms with van der Waals surface area (Å²) >= 11 is 0. The maximum atomic E-state index is 13.3. The van der Waals surface area contributed by atoms with E-state index in [4.69, 9.17) is 4.74 Å². The van der Waals surface area contributed by atoms with Crippen molar-refractivity contribution in [3.63, 3.8) is 0 Å². The monoisotopic (exact) mass is 373 g/mol. The maximum Gasteiger partial charge on any atom is 0.264 e. The molecule has 0 aromatic heterocycles. The van der Waals surface area contributed by atoms with Gasteiger partial charge in [-0.05, 0) is 61.4 Å². The number of aryl methyl sites for hydroxylation is 2. The minimum Gasteiger partial charge on any atom is -0.497 e. The van der Waals surface area contributed by atoms with E-state index in [9.17, 15) is 13.5 Å². The molecule has 1 unspecified atom stereocenters. The van der Waals surface area contributed by atoms with Gasteiger partial charge in [-0.25, -0.2) is 8.42 Å². The van der Waals surface area contributed by atoms with Crippen molar-refractivity contribution in [3.8, 4) is 5.75 Å².